The smallest absolute Gasteiger partial charge is 0.252 e. The molecule has 0 aliphatic carbocycles. The van der Waals surface area contributed by atoms with E-state index in [0.717, 1.165) is 17.9 Å². The average molecular weight is 243 g/mol. The molecule has 0 aromatic carbocycles. The number of rotatable bonds is 3. The van der Waals surface area contributed by atoms with Crippen LogP contribution in [-0.2, 0) is 0 Å². The van der Waals surface area contributed by atoms with Crippen LogP contribution in [-0.4, -0.2) is 34.7 Å². The van der Waals surface area contributed by atoms with Crippen LogP contribution >= 0.6 is 23.1 Å². The fraction of sp³-hybridized carbons (Fsp3) is 0.500. The molecule has 2 N–H and O–H groups in total. The molecule has 0 radical (unpaired) electrons. The van der Waals surface area contributed by atoms with Crippen molar-refractivity contribution in [3.05, 3.63) is 22.4 Å². The number of thioether (sulfide) groups is 1. The summed E-state index contributed by atoms with van der Waals surface area (Å²) < 4.78 is 0. The van der Waals surface area contributed by atoms with Gasteiger partial charge in [-0.3, -0.25) is 4.79 Å². The molecule has 1 aromatic heterocycles. The molecule has 1 saturated heterocycles. The first kappa shape index (κ1) is 11.0. The molecule has 2 heterocycles. The Labute approximate surface area is 96.9 Å². The molecule has 0 saturated carbocycles. The summed E-state index contributed by atoms with van der Waals surface area (Å²) in [4.78, 5) is 11.6. The summed E-state index contributed by atoms with van der Waals surface area (Å²) in [5.74, 6) is 1.60. The van der Waals surface area contributed by atoms with Crippen LogP contribution in [0.3, 0.4) is 0 Å². The maximum absolute atomic E-state index is 11.6. The van der Waals surface area contributed by atoms with Crippen LogP contribution in [0.4, 0.5) is 0 Å². The monoisotopic (exact) mass is 243 g/mol. The highest BCUT2D eigenvalue weighted by atomic mass is 32.2. The minimum Gasteiger partial charge on any atom is -0.387 e. The summed E-state index contributed by atoms with van der Waals surface area (Å²) in [5, 5.41) is 16.5. The molecule has 2 rings (SSSR count). The molecule has 1 unspecified atom stereocenters. The summed E-state index contributed by atoms with van der Waals surface area (Å²) in [6.07, 6.45) is 0.765. The van der Waals surface area contributed by atoms with Crippen molar-refractivity contribution in [1.82, 2.24) is 5.32 Å². The number of aliphatic hydroxyl groups is 1. The fourth-order valence-electron chi connectivity index (χ4n) is 1.48. The minimum absolute atomic E-state index is 0.0958. The lowest BCUT2D eigenvalue weighted by Crippen LogP contribution is -2.42. The molecule has 1 aliphatic heterocycles. The first-order valence-corrected chi connectivity index (χ1v) is 6.90. The highest BCUT2D eigenvalue weighted by Crippen LogP contribution is 2.27. The summed E-state index contributed by atoms with van der Waals surface area (Å²) in [5.41, 5.74) is -0.0228. The van der Waals surface area contributed by atoms with Gasteiger partial charge in [0.25, 0.3) is 5.91 Å². The Hall–Kier alpha value is -0.520. The Morgan fingerprint density at radius 3 is 3.13 bits per heavy atom. The predicted molar refractivity (Wildman–Crippen MR) is 63.5 cm³/mol. The number of carbonyl (C=O) groups is 1. The van der Waals surface area contributed by atoms with Crippen molar-refractivity contribution in [2.24, 2.45) is 0 Å². The van der Waals surface area contributed by atoms with E-state index in [1.54, 1.807) is 17.8 Å². The maximum atomic E-state index is 11.6. The maximum Gasteiger partial charge on any atom is 0.252 e. The van der Waals surface area contributed by atoms with Gasteiger partial charge >= 0.3 is 0 Å². The van der Waals surface area contributed by atoms with Crippen LogP contribution in [0.15, 0.2) is 16.8 Å². The molecule has 15 heavy (non-hydrogen) atoms. The van der Waals surface area contributed by atoms with Crippen LogP contribution in [0.5, 0.6) is 0 Å². The Bertz CT molecular complexity index is 331. The van der Waals surface area contributed by atoms with Gasteiger partial charge in [-0.2, -0.15) is 23.1 Å². The number of hydrogen-bond acceptors (Lipinski definition) is 4. The molecule has 1 aromatic rings. The summed E-state index contributed by atoms with van der Waals surface area (Å²) in [6.45, 7) is 0.356. The largest absolute Gasteiger partial charge is 0.387 e. The SMILES string of the molecule is O=C(NCC1(O)CCSC1)c1ccsc1. The van der Waals surface area contributed by atoms with Gasteiger partial charge in [-0.25, -0.2) is 0 Å². The third kappa shape index (κ3) is 2.74. The van der Waals surface area contributed by atoms with Gasteiger partial charge in [-0.15, -0.1) is 0 Å². The molecular formula is C10H13NO2S2. The normalized spacial score (nSPS) is 25.4. The van der Waals surface area contributed by atoms with Crippen LogP contribution < -0.4 is 5.32 Å². The molecule has 0 spiro atoms. The van der Waals surface area contributed by atoms with E-state index in [9.17, 15) is 9.90 Å². The van der Waals surface area contributed by atoms with Gasteiger partial charge in [0.2, 0.25) is 0 Å². The highest BCUT2D eigenvalue weighted by molar-refractivity contribution is 7.99. The molecule has 3 nitrogen and oxygen atoms in total. The van der Waals surface area contributed by atoms with E-state index in [1.165, 1.54) is 11.3 Å². The van der Waals surface area contributed by atoms with Gasteiger partial charge in [0.05, 0.1) is 5.60 Å². The van der Waals surface area contributed by atoms with Gasteiger partial charge in [-0.1, -0.05) is 0 Å². The van der Waals surface area contributed by atoms with E-state index >= 15 is 0 Å². The van der Waals surface area contributed by atoms with E-state index < -0.39 is 5.60 Å². The first-order chi connectivity index (χ1) is 7.20. The van der Waals surface area contributed by atoms with E-state index in [4.69, 9.17) is 0 Å². The van der Waals surface area contributed by atoms with Crippen LogP contribution in [0.1, 0.15) is 16.8 Å². The summed E-state index contributed by atoms with van der Waals surface area (Å²) in [7, 11) is 0. The van der Waals surface area contributed by atoms with E-state index in [1.807, 2.05) is 10.8 Å². The first-order valence-electron chi connectivity index (χ1n) is 4.80. The van der Waals surface area contributed by atoms with Crippen molar-refractivity contribution in [3.63, 3.8) is 0 Å². The number of carbonyl (C=O) groups excluding carboxylic acids is 1. The zero-order valence-corrected chi connectivity index (χ0v) is 9.87. The second-order valence-electron chi connectivity index (χ2n) is 3.72. The lowest BCUT2D eigenvalue weighted by atomic mass is 10.0. The molecule has 1 atom stereocenters. The van der Waals surface area contributed by atoms with Crippen LogP contribution in [0, 0.1) is 0 Å². The van der Waals surface area contributed by atoms with Gasteiger partial charge in [0, 0.05) is 23.2 Å². The van der Waals surface area contributed by atoms with Gasteiger partial charge in [0.15, 0.2) is 0 Å². The molecule has 5 heteroatoms. The van der Waals surface area contributed by atoms with Crippen molar-refractivity contribution in [2.45, 2.75) is 12.0 Å². The predicted octanol–water partition coefficient (Wildman–Crippen LogP) is 1.35. The van der Waals surface area contributed by atoms with Gasteiger partial charge < -0.3 is 10.4 Å². The van der Waals surface area contributed by atoms with Crippen molar-refractivity contribution in [1.29, 1.82) is 0 Å². The molecule has 0 bridgehead atoms. The van der Waals surface area contributed by atoms with Crippen molar-refractivity contribution in [3.8, 4) is 0 Å². The zero-order chi connectivity index (χ0) is 10.7. The summed E-state index contributed by atoms with van der Waals surface area (Å²) in [6, 6.07) is 1.79. The molecule has 1 amide bonds. The van der Waals surface area contributed by atoms with Crippen LogP contribution in [0.25, 0.3) is 0 Å². The number of thiophene rings is 1. The second-order valence-corrected chi connectivity index (χ2v) is 5.61. The Morgan fingerprint density at radius 2 is 2.53 bits per heavy atom. The highest BCUT2D eigenvalue weighted by Gasteiger charge is 2.31. The van der Waals surface area contributed by atoms with Crippen LogP contribution in [0.2, 0.25) is 0 Å². The molecule has 82 valence electrons. The third-order valence-electron chi connectivity index (χ3n) is 2.44. The lowest BCUT2D eigenvalue weighted by Gasteiger charge is -2.21. The Kier molecular flexibility index (Phi) is 3.33. The molecule has 1 aliphatic rings. The fourth-order valence-corrected chi connectivity index (χ4v) is 3.41. The second kappa shape index (κ2) is 4.55. The van der Waals surface area contributed by atoms with Crippen molar-refractivity contribution < 1.29 is 9.90 Å². The minimum atomic E-state index is -0.698. The number of nitrogens with one attached hydrogen (secondary N) is 1. The number of hydrogen-bond donors (Lipinski definition) is 2. The third-order valence-corrected chi connectivity index (χ3v) is 4.36. The standard InChI is InChI=1S/C10H13NO2S2/c12-9(8-1-3-14-5-8)11-6-10(13)2-4-15-7-10/h1,3,5,13H,2,4,6-7H2,(H,11,12). The molecular weight excluding hydrogens is 230 g/mol. The quantitative estimate of drug-likeness (QED) is 0.842. The molecule has 1 fully saturated rings. The summed E-state index contributed by atoms with van der Waals surface area (Å²) >= 11 is 3.23. The van der Waals surface area contributed by atoms with Crippen molar-refractivity contribution in [2.75, 3.05) is 18.1 Å². The van der Waals surface area contributed by atoms with Gasteiger partial charge in [0.1, 0.15) is 0 Å². The van der Waals surface area contributed by atoms with E-state index in [2.05, 4.69) is 5.32 Å². The lowest BCUT2D eigenvalue weighted by molar-refractivity contribution is 0.0613. The van der Waals surface area contributed by atoms with E-state index in [-0.39, 0.29) is 5.91 Å². The zero-order valence-electron chi connectivity index (χ0n) is 8.23. The Balaban J connectivity index is 1.85. The average Bonchev–Trinajstić information content (AvgIpc) is 2.85. The van der Waals surface area contributed by atoms with Crippen molar-refractivity contribution >= 4 is 29.0 Å². The van der Waals surface area contributed by atoms with Gasteiger partial charge in [-0.05, 0) is 23.6 Å². The van der Waals surface area contributed by atoms with E-state index in [0.29, 0.717) is 12.1 Å². The number of amides is 1. The Morgan fingerprint density at radius 1 is 1.67 bits per heavy atom. The topological polar surface area (TPSA) is 49.3 Å².